The Hall–Kier alpha value is -0.575. The SMILES string of the molecule is CC(C)c1cc(B2OC(C)(C)C(C)(C)O2)cc(Cl)n1. The third-order valence-corrected chi connectivity index (χ3v) is 4.15. The highest BCUT2D eigenvalue weighted by atomic mass is 35.5. The normalized spacial score (nSPS) is 21.2. The second-order valence-corrected chi connectivity index (χ2v) is 6.78. The van der Waals surface area contributed by atoms with Gasteiger partial charge in [0.25, 0.3) is 0 Å². The minimum atomic E-state index is -0.386. The van der Waals surface area contributed by atoms with Crippen LogP contribution in [0.2, 0.25) is 5.15 Å². The van der Waals surface area contributed by atoms with Gasteiger partial charge in [0.05, 0.1) is 11.2 Å². The lowest BCUT2D eigenvalue weighted by Gasteiger charge is -2.32. The molecule has 1 aliphatic rings. The van der Waals surface area contributed by atoms with Crippen molar-refractivity contribution in [2.75, 3.05) is 0 Å². The lowest BCUT2D eigenvalue weighted by atomic mass is 9.79. The molecule has 0 unspecified atom stereocenters. The smallest absolute Gasteiger partial charge is 0.399 e. The molecule has 0 radical (unpaired) electrons. The largest absolute Gasteiger partial charge is 0.495 e. The van der Waals surface area contributed by atoms with E-state index in [4.69, 9.17) is 20.9 Å². The number of pyridine rings is 1. The minimum absolute atomic E-state index is 0.319. The van der Waals surface area contributed by atoms with E-state index >= 15 is 0 Å². The molecule has 0 atom stereocenters. The van der Waals surface area contributed by atoms with Crippen LogP contribution in [0.15, 0.2) is 12.1 Å². The topological polar surface area (TPSA) is 31.4 Å². The van der Waals surface area contributed by atoms with Crippen LogP contribution in [0.5, 0.6) is 0 Å². The molecule has 0 spiro atoms. The zero-order chi connectivity index (χ0) is 14.4. The van der Waals surface area contributed by atoms with E-state index in [0.717, 1.165) is 11.2 Å². The van der Waals surface area contributed by atoms with Crippen molar-refractivity contribution in [2.45, 2.75) is 58.7 Å². The molecule has 19 heavy (non-hydrogen) atoms. The fraction of sp³-hybridized carbons (Fsp3) is 0.643. The molecule has 0 aliphatic carbocycles. The molecule has 3 nitrogen and oxygen atoms in total. The Morgan fingerprint density at radius 3 is 2.11 bits per heavy atom. The summed E-state index contributed by atoms with van der Waals surface area (Å²) >= 11 is 6.09. The molecule has 0 saturated carbocycles. The summed E-state index contributed by atoms with van der Waals surface area (Å²) in [4.78, 5) is 4.33. The van der Waals surface area contributed by atoms with Crippen molar-refractivity contribution in [3.8, 4) is 0 Å². The van der Waals surface area contributed by atoms with Gasteiger partial charge in [0.15, 0.2) is 0 Å². The molecule has 2 rings (SSSR count). The molecule has 2 heterocycles. The molecule has 1 saturated heterocycles. The molecule has 1 aromatic rings. The van der Waals surface area contributed by atoms with Gasteiger partial charge in [0.1, 0.15) is 5.15 Å². The van der Waals surface area contributed by atoms with Crippen molar-refractivity contribution < 1.29 is 9.31 Å². The van der Waals surface area contributed by atoms with Gasteiger partial charge in [-0.05, 0) is 51.2 Å². The first kappa shape index (κ1) is 14.8. The molecule has 0 amide bonds. The Morgan fingerprint density at radius 2 is 1.63 bits per heavy atom. The second kappa shape index (κ2) is 4.76. The minimum Gasteiger partial charge on any atom is -0.399 e. The fourth-order valence-electron chi connectivity index (χ4n) is 1.95. The van der Waals surface area contributed by atoms with Crippen molar-refractivity contribution in [3.05, 3.63) is 23.0 Å². The third-order valence-electron chi connectivity index (χ3n) is 3.95. The van der Waals surface area contributed by atoms with E-state index in [0.29, 0.717) is 11.1 Å². The molecular formula is C14H21BClNO2. The summed E-state index contributed by atoms with van der Waals surface area (Å²) in [5.74, 6) is 0.319. The summed E-state index contributed by atoms with van der Waals surface area (Å²) in [5.41, 5.74) is 1.20. The molecule has 0 N–H and O–H groups in total. The van der Waals surface area contributed by atoms with Crippen LogP contribution in [0.4, 0.5) is 0 Å². The maximum absolute atomic E-state index is 6.09. The van der Waals surface area contributed by atoms with Crippen molar-refractivity contribution >= 4 is 24.2 Å². The van der Waals surface area contributed by atoms with Crippen LogP contribution in [0, 0.1) is 0 Å². The molecule has 1 aromatic heterocycles. The number of aromatic nitrogens is 1. The highest BCUT2D eigenvalue weighted by Crippen LogP contribution is 2.36. The summed E-state index contributed by atoms with van der Waals surface area (Å²) in [6, 6.07) is 3.83. The Bertz CT molecular complexity index is 472. The monoisotopic (exact) mass is 281 g/mol. The quantitative estimate of drug-likeness (QED) is 0.616. The zero-order valence-corrected chi connectivity index (χ0v) is 13.2. The summed E-state index contributed by atoms with van der Waals surface area (Å²) in [5, 5.41) is 0.482. The van der Waals surface area contributed by atoms with E-state index < -0.39 is 0 Å². The lowest BCUT2D eigenvalue weighted by molar-refractivity contribution is 0.00578. The number of halogens is 1. The molecule has 104 valence electrons. The van der Waals surface area contributed by atoms with Gasteiger partial charge in [-0.3, -0.25) is 0 Å². The standard InChI is InChI=1S/C14H21BClNO2/c1-9(2)11-7-10(8-12(16)17-11)15-18-13(3,4)14(5,6)19-15/h7-9H,1-6H3. The predicted molar refractivity (Wildman–Crippen MR) is 79.1 cm³/mol. The summed E-state index contributed by atoms with van der Waals surface area (Å²) in [6.45, 7) is 12.3. The Morgan fingerprint density at radius 1 is 1.11 bits per heavy atom. The highest BCUT2D eigenvalue weighted by molar-refractivity contribution is 6.62. The first-order chi connectivity index (χ1) is 8.62. The van der Waals surface area contributed by atoms with E-state index in [1.165, 1.54) is 0 Å². The summed E-state index contributed by atoms with van der Waals surface area (Å²) in [6.07, 6.45) is 0. The number of nitrogens with zero attached hydrogens (tertiary/aromatic N) is 1. The van der Waals surface area contributed by atoms with E-state index in [1.807, 2.05) is 39.8 Å². The Balaban J connectivity index is 2.34. The van der Waals surface area contributed by atoms with Gasteiger partial charge >= 0.3 is 7.12 Å². The molecule has 1 fully saturated rings. The highest BCUT2D eigenvalue weighted by Gasteiger charge is 2.51. The van der Waals surface area contributed by atoms with Crippen molar-refractivity contribution in [1.29, 1.82) is 0 Å². The lowest BCUT2D eigenvalue weighted by Crippen LogP contribution is -2.41. The average molecular weight is 282 g/mol. The maximum atomic E-state index is 6.09. The zero-order valence-electron chi connectivity index (χ0n) is 12.5. The Labute approximate surface area is 120 Å². The van der Waals surface area contributed by atoms with Crippen LogP contribution in [0.3, 0.4) is 0 Å². The number of hydrogen-bond donors (Lipinski definition) is 0. The molecular weight excluding hydrogens is 260 g/mol. The van der Waals surface area contributed by atoms with Gasteiger partial charge in [-0.2, -0.15) is 0 Å². The first-order valence-corrected chi connectivity index (χ1v) is 7.03. The van der Waals surface area contributed by atoms with Gasteiger partial charge in [0.2, 0.25) is 0 Å². The van der Waals surface area contributed by atoms with E-state index in [-0.39, 0.29) is 18.3 Å². The van der Waals surface area contributed by atoms with Crippen molar-refractivity contribution in [2.24, 2.45) is 0 Å². The predicted octanol–water partition coefficient (Wildman–Crippen LogP) is 3.16. The van der Waals surface area contributed by atoms with Gasteiger partial charge in [-0.15, -0.1) is 0 Å². The van der Waals surface area contributed by atoms with Crippen LogP contribution in [-0.4, -0.2) is 23.3 Å². The van der Waals surface area contributed by atoms with E-state index in [2.05, 4.69) is 18.8 Å². The van der Waals surface area contributed by atoms with Crippen LogP contribution in [0.25, 0.3) is 0 Å². The van der Waals surface area contributed by atoms with Gasteiger partial charge in [-0.1, -0.05) is 25.4 Å². The van der Waals surface area contributed by atoms with Crippen LogP contribution in [-0.2, 0) is 9.31 Å². The van der Waals surface area contributed by atoms with Gasteiger partial charge < -0.3 is 9.31 Å². The molecule has 0 bridgehead atoms. The third kappa shape index (κ3) is 2.81. The number of hydrogen-bond acceptors (Lipinski definition) is 3. The van der Waals surface area contributed by atoms with Gasteiger partial charge in [0, 0.05) is 5.69 Å². The van der Waals surface area contributed by atoms with Gasteiger partial charge in [-0.25, -0.2) is 4.98 Å². The maximum Gasteiger partial charge on any atom is 0.495 e. The average Bonchev–Trinajstić information content (AvgIpc) is 2.47. The second-order valence-electron chi connectivity index (χ2n) is 6.39. The molecule has 1 aliphatic heterocycles. The van der Waals surface area contributed by atoms with Crippen LogP contribution < -0.4 is 5.46 Å². The number of rotatable bonds is 2. The van der Waals surface area contributed by atoms with Crippen molar-refractivity contribution in [3.63, 3.8) is 0 Å². The van der Waals surface area contributed by atoms with Crippen molar-refractivity contribution in [1.82, 2.24) is 4.98 Å². The summed E-state index contributed by atoms with van der Waals surface area (Å²) < 4.78 is 12.1. The first-order valence-electron chi connectivity index (χ1n) is 6.65. The van der Waals surface area contributed by atoms with E-state index in [9.17, 15) is 0 Å². The molecule has 0 aromatic carbocycles. The summed E-state index contributed by atoms with van der Waals surface area (Å²) in [7, 11) is -0.386. The molecule has 5 heteroatoms. The fourth-order valence-corrected chi connectivity index (χ4v) is 2.17. The van der Waals surface area contributed by atoms with Crippen LogP contribution in [0.1, 0.15) is 53.2 Å². The van der Waals surface area contributed by atoms with Crippen LogP contribution >= 0.6 is 11.6 Å². The Kier molecular flexibility index (Phi) is 3.71. The van der Waals surface area contributed by atoms with E-state index in [1.54, 1.807) is 0 Å².